The smallest absolute Gasteiger partial charge is 0.335 e. The first-order valence-electron chi connectivity index (χ1n) is 5.80. The summed E-state index contributed by atoms with van der Waals surface area (Å²) in [6.45, 7) is 0. The number of rotatable bonds is 3. The minimum atomic E-state index is -2.56. The van der Waals surface area contributed by atoms with E-state index in [0.717, 1.165) is 0 Å². The van der Waals surface area contributed by atoms with Crippen molar-refractivity contribution in [2.75, 3.05) is 5.32 Å². The van der Waals surface area contributed by atoms with Gasteiger partial charge in [0.25, 0.3) is 0 Å². The maximum absolute atomic E-state index is 13.0. The summed E-state index contributed by atoms with van der Waals surface area (Å²) in [7, 11) is 0. The molecule has 1 aromatic heterocycles. The summed E-state index contributed by atoms with van der Waals surface area (Å²) in [5, 5.41) is 11.8. The van der Waals surface area contributed by atoms with E-state index in [1.165, 1.54) is 18.3 Å². The summed E-state index contributed by atoms with van der Waals surface area (Å²) in [6, 6.07) is 2.73. The number of aromatic nitrogens is 1. The molecule has 0 bridgehead atoms. The van der Waals surface area contributed by atoms with E-state index < -0.39 is 11.9 Å². The third-order valence-electron chi connectivity index (χ3n) is 3.08. The Morgan fingerprint density at radius 1 is 1.44 bits per heavy atom. The lowest BCUT2D eigenvalue weighted by atomic mass is 9.92. The van der Waals surface area contributed by atoms with Crippen LogP contribution < -0.4 is 5.32 Å². The van der Waals surface area contributed by atoms with Gasteiger partial charge in [-0.05, 0) is 25.0 Å². The normalized spacial score (nSPS) is 19.4. The molecule has 1 saturated carbocycles. The number of anilines is 1. The first kappa shape index (κ1) is 12.7. The molecule has 1 aromatic rings. The second kappa shape index (κ2) is 4.88. The van der Waals surface area contributed by atoms with Crippen LogP contribution in [0.5, 0.6) is 0 Å². The van der Waals surface area contributed by atoms with Crippen LogP contribution in [0.4, 0.5) is 14.6 Å². The Bertz CT molecular complexity index is 441. The maximum Gasteiger partial charge on any atom is 0.335 e. The molecule has 2 rings (SSSR count). The molecule has 1 heterocycles. The largest absolute Gasteiger partial charge is 0.478 e. The Morgan fingerprint density at radius 2 is 2.11 bits per heavy atom. The van der Waals surface area contributed by atoms with Crippen LogP contribution in [0.1, 0.15) is 36.0 Å². The third-order valence-corrected chi connectivity index (χ3v) is 3.08. The molecule has 98 valence electrons. The Hall–Kier alpha value is -1.72. The SMILES string of the molecule is O=C(O)c1ccnc(NC2CCC(F)(F)CC2)c1. The predicted molar refractivity (Wildman–Crippen MR) is 62.0 cm³/mol. The number of pyridine rings is 1. The second-order valence-electron chi connectivity index (χ2n) is 4.51. The molecule has 2 N–H and O–H groups in total. The lowest BCUT2D eigenvalue weighted by Gasteiger charge is -2.29. The van der Waals surface area contributed by atoms with Gasteiger partial charge in [-0.25, -0.2) is 18.6 Å². The molecule has 0 saturated heterocycles. The van der Waals surface area contributed by atoms with Crippen LogP contribution in [0.25, 0.3) is 0 Å². The molecule has 1 aliphatic carbocycles. The fraction of sp³-hybridized carbons (Fsp3) is 0.500. The molecule has 0 radical (unpaired) electrons. The lowest BCUT2D eigenvalue weighted by Crippen LogP contribution is -2.32. The minimum absolute atomic E-state index is 0.0684. The first-order valence-corrected chi connectivity index (χ1v) is 5.80. The van der Waals surface area contributed by atoms with Crippen molar-refractivity contribution < 1.29 is 18.7 Å². The second-order valence-corrected chi connectivity index (χ2v) is 4.51. The Balaban J connectivity index is 1.98. The number of nitrogens with one attached hydrogen (secondary N) is 1. The monoisotopic (exact) mass is 256 g/mol. The molecule has 18 heavy (non-hydrogen) atoms. The zero-order valence-corrected chi connectivity index (χ0v) is 9.70. The van der Waals surface area contributed by atoms with Gasteiger partial charge < -0.3 is 10.4 Å². The molecule has 0 spiro atoms. The molecule has 0 aliphatic heterocycles. The molecular formula is C12H14F2N2O2. The van der Waals surface area contributed by atoms with Crippen molar-refractivity contribution in [3.05, 3.63) is 23.9 Å². The van der Waals surface area contributed by atoms with E-state index in [4.69, 9.17) is 5.11 Å². The van der Waals surface area contributed by atoms with Crippen LogP contribution >= 0.6 is 0 Å². The molecule has 1 aliphatic rings. The predicted octanol–water partition coefficient (Wildman–Crippen LogP) is 2.77. The molecule has 0 unspecified atom stereocenters. The summed E-state index contributed by atoms with van der Waals surface area (Å²) in [6.07, 6.45) is 1.85. The van der Waals surface area contributed by atoms with Gasteiger partial charge in [-0.15, -0.1) is 0 Å². The number of halogens is 2. The quantitative estimate of drug-likeness (QED) is 0.872. The Morgan fingerprint density at radius 3 is 2.72 bits per heavy atom. The van der Waals surface area contributed by atoms with Crippen LogP contribution in [-0.2, 0) is 0 Å². The van der Waals surface area contributed by atoms with Crippen LogP contribution in [0.15, 0.2) is 18.3 Å². The molecule has 4 nitrogen and oxygen atoms in total. The van der Waals surface area contributed by atoms with Gasteiger partial charge in [0.05, 0.1) is 5.56 Å². The van der Waals surface area contributed by atoms with Gasteiger partial charge in [0.15, 0.2) is 0 Å². The zero-order chi connectivity index (χ0) is 13.2. The van der Waals surface area contributed by atoms with E-state index in [-0.39, 0.29) is 24.4 Å². The van der Waals surface area contributed by atoms with Crippen molar-refractivity contribution >= 4 is 11.8 Å². The van der Waals surface area contributed by atoms with E-state index in [1.54, 1.807) is 0 Å². The fourth-order valence-electron chi connectivity index (χ4n) is 2.04. The van der Waals surface area contributed by atoms with E-state index in [0.29, 0.717) is 18.7 Å². The zero-order valence-electron chi connectivity index (χ0n) is 9.70. The van der Waals surface area contributed by atoms with Gasteiger partial charge in [-0.3, -0.25) is 0 Å². The van der Waals surface area contributed by atoms with Crippen LogP contribution in [0.3, 0.4) is 0 Å². The van der Waals surface area contributed by atoms with Gasteiger partial charge in [-0.1, -0.05) is 0 Å². The summed E-state index contributed by atoms with van der Waals surface area (Å²) >= 11 is 0. The van der Waals surface area contributed by atoms with Crippen molar-refractivity contribution in [3.8, 4) is 0 Å². The summed E-state index contributed by atoms with van der Waals surface area (Å²) in [5.74, 6) is -3.17. The van der Waals surface area contributed by atoms with Crippen LogP contribution in [0.2, 0.25) is 0 Å². The van der Waals surface area contributed by atoms with Crippen LogP contribution in [-0.4, -0.2) is 28.0 Å². The number of carboxylic acids is 1. The number of alkyl halides is 2. The highest BCUT2D eigenvalue weighted by Gasteiger charge is 2.34. The van der Waals surface area contributed by atoms with Crippen molar-refractivity contribution in [1.29, 1.82) is 0 Å². The first-order chi connectivity index (χ1) is 8.46. The number of carboxylic acid groups (broad SMARTS) is 1. The maximum atomic E-state index is 13.0. The van der Waals surface area contributed by atoms with Crippen molar-refractivity contribution in [1.82, 2.24) is 4.98 Å². The van der Waals surface area contributed by atoms with E-state index in [1.807, 2.05) is 0 Å². The summed E-state index contributed by atoms with van der Waals surface area (Å²) < 4.78 is 25.9. The highest BCUT2D eigenvalue weighted by Crippen LogP contribution is 2.34. The number of nitrogens with zero attached hydrogens (tertiary/aromatic N) is 1. The lowest BCUT2D eigenvalue weighted by molar-refractivity contribution is -0.0361. The standard InChI is InChI=1S/C12H14F2N2O2/c13-12(14)4-1-9(2-5-12)16-10-7-8(11(17)18)3-6-15-10/h3,6-7,9H,1-2,4-5H2,(H,15,16)(H,17,18). The molecule has 0 aromatic carbocycles. The topological polar surface area (TPSA) is 62.2 Å². The van der Waals surface area contributed by atoms with Crippen molar-refractivity contribution in [2.45, 2.75) is 37.6 Å². The molecule has 6 heteroatoms. The fourth-order valence-corrected chi connectivity index (χ4v) is 2.04. The molecule has 1 fully saturated rings. The van der Waals surface area contributed by atoms with E-state index in [9.17, 15) is 13.6 Å². The van der Waals surface area contributed by atoms with Gasteiger partial charge in [0.1, 0.15) is 5.82 Å². The van der Waals surface area contributed by atoms with Crippen molar-refractivity contribution in [3.63, 3.8) is 0 Å². The molecule has 0 atom stereocenters. The number of hydrogen-bond acceptors (Lipinski definition) is 3. The van der Waals surface area contributed by atoms with Crippen LogP contribution in [0, 0.1) is 0 Å². The average molecular weight is 256 g/mol. The van der Waals surface area contributed by atoms with Crippen molar-refractivity contribution in [2.24, 2.45) is 0 Å². The average Bonchev–Trinajstić information content (AvgIpc) is 2.32. The number of carbonyl (C=O) groups is 1. The van der Waals surface area contributed by atoms with Gasteiger partial charge >= 0.3 is 5.97 Å². The third kappa shape index (κ3) is 3.15. The van der Waals surface area contributed by atoms with Gasteiger partial charge in [0.2, 0.25) is 5.92 Å². The van der Waals surface area contributed by atoms with E-state index >= 15 is 0 Å². The Kier molecular flexibility index (Phi) is 3.45. The minimum Gasteiger partial charge on any atom is -0.478 e. The Labute approximate surface area is 103 Å². The molecular weight excluding hydrogens is 242 g/mol. The highest BCUT2D eigenvalue weighted by atomic mass is 19.3. The highest BCUT2D eigenvalue weighted by molar-refractivity contribution is 5.88. The number of aromatic carboxylic acids is 1. The number of hydrogen-bond donors (Lipinski definition) is 2. The summed E-state index contributed by atoms with van der Waals surface area (Å²) in [4.78, 5) is 14.8. The van der Waals surface area contributed by atoms with Gasteiger partial charge in [-0.2, -0.15) is 0 Å². The van der Waals surface area contributed by atoms with E-state index in [2.05, 4.69) is 10.3 Å². The van der Waals surface area contributed by atoms with Gasteiger partial charge in [0, 0.05) is 25.1 Å². The summed E-state index contributed by atoms with van der Waals surface area (Å²) in [5.41, 5.74) is 0.133. The molecule has 0 amide bonds.